The third-order valence-electron chi connectivity index (χ3n) is 5.50. The molecule has 0 bridgehead atoms. The highest BCUT2D eigenvalue weighted by atomic mass is 16.5. The first-order chi connectivity index (χ1) is 16.2. The van der Waals surface area contributed by atoms with Crippen LogP contribution < -0.4 is 19.8 Å². The number of hydrogen-bond acceptors (Lipinski definition) is 4. The quantitative estimate of drug-likeness (QED) is 0.287. The summed E-state index contributed by atoms with van der Waals surface area (Å²) < 4.78 is 19.7. The molecule has 0 radical (unpaired) electrons. The van der Waals surface area contributed by atoms with Crippen molar-refractivity contribution in [3.8, 4) is 17.2 Å². The van der Waals surface area contributed by atoms with E-state index >= 15 is 0 Å². The maximum Gasteiger partial charge on any atom is 0.297 e. The van der Waals surface area contributed by atoms with E-state index in [-0.39, 0.29) is 11.3 Å². The molecule has 1 aromatic heterocycles. The highest BCUT2D eigenvalue weighted by Crippen LogP contribution is 2.35. The first-order valence-corrected chi connectivity index (χ1v) is 11.3. The van der Waals surface area contributed by atoms with Gasteiger partial charge in [-0.05, 0) is 29.7 Å². The zero-order valence-electron chi connectivity index (χ0n) is 19.1. The van der Waals surface area contributed by atoms with Gasteiger partial charge in [-0.15, -0.1) is 0 Å². The molecule has 0 fully saturated rings. The Labute approximate surface area is 194 Å². The maximum atomic E-state index is 13.2. The van der Waals surface area contributed by atoms with E-state index in [1.807, 2.05) is 78.9 Å². The lowest BCUT2D eigenvalue weighted by atomic mass is 10.1. The van der Waals surface area contributed by atoms with Crippen LogP contribution in [0.15, 0.2) is 83.7 Å². The van der Waals surface area contributed by atoms with Crippen LogP contribution in [0.1, 0.15) is 30.9 Å². The average Bonchev–Trinajstić information content (AvgIpc) is 2.86. The molecule has 0 atom stereocenters. The van der Waals surface area contributed by atoms with Gasteiger partial charge in [0.15, 0.2) is 5.75 Å². The van der Waals surface area contributed by atoms with Crippen LogP contribution in [0.4, 0.5) is 0 Å². The lowest BCUT2D eigenvalue weighted by Gasteiger charge is -2.18. The molecule has 0 aliphatic carbocycles. The summed E-state index contributed by atoms with van der Waals surface area (Å²) in [5.74, 6) is 1.42. The summed E-state index contributed by atoms with van der Waals surface area (Å²) in [5.41, 5.74) is 2.62. The van der Waals surface area contributed by atoms with Crippen molar-refractivity contribution in [2.75, 3.05) is 6.61 Å². The normalized spacial score (nSPS) is 10.8. The fourth-order valence-electron chi connectivity index (χ4n) is 3.61. The summed E-state index contributed by atoms with van der Waals surface area (Å²) in [5, 5.41) is 0.812. The molecule has 3 aromatic carbocycles. The molecule has 0 unspecified atom stereocenters. The molecule has 0 aliphatic heterocycles. The molecule has 1 heterocycles. The zero-order valence-corrected chi connectivity index (χ0v) is 19.1. The molecular formula is C28H29NO4. The van der Waals surface area contributed by atoms with Gasteiger partial charge in [-0.1, -0.05) is 74.0 Å². The van der Waals surface area contributed by atoms with Gasteiger partial charge in [0.1, 0.15) is 19.0 Å². The van der Waals surface area contributed by atoms with Gasteiger partial charge >= 0.3 is 0 Å². The van der Waals surface area contributed by atoms with E-state index in [1.54, 1.807) is 11.6 Å². The standard InChI is InChI=1S/C28H29NO4/c1-3-4-17-31-27-26(33-20-22-13-9-6-10-14-22)24-16-15-23(18-25(24)29(2)28(27)30)32-19-21-11-7-5-8-12-21/h5-16,18H,3-4,17,19-20H2,1-2H3. The van der Waals surface area contributed by atoms with Crippen molar-refractivity contribution in [2.45, 2.75) is 33.0 Å². The predicted molar refractivity (Wildman–Crippen MR) is 131 cm³/mol. The Kier molecular flexibility index (Phi) is 7.30. The number of ether oxygens (including phenoxy) is 3. The second-order valence-electron chi connectivity index (χ2n) is 7.95. The van der Waals surface area contributed by atoms with Crippen LogP contribution in [0, 0.1) is 0 Å². The van der Waals surface area contributed by atoms with Gasteiger partial charge in [0.05, 0.1) is 12.1 Å². The van der Waals surface area contributed by atoms with Crippen LogP contribution in [-0.4, -0.2) is 11.2 Å². The van der Waals surface area contributed by atoms with Crippen LogP contribution >= 0.6 is 0 Å². The molecule has 0 N–H and O–H groups in total. The summed E-state index contributed by atoms with van der Waals surface area (Å²) in [4.78, 5) is 13.2. The van der Waals surface area contributed by atoms with E-state index in [1.165, 1.54) is 0 Å². The molecule has 5 nitrogen and oxygen atoms in total. The van der Waals surface area contributed by atoms with Gasteiger partial charge in [-0.25, -0.2) is 0 Å². The van der Waals surface area contributed by atoms with Crippen molar-refractivity contribution >= 4 is 10.9 Å². The van der Waals surface area contributed by atoms with E-state index in [2.05, 4.69) is 6.92 Å². The number of hydrogen-bond donors (Lipinski definition) is 0. The largest absolute Gasteiger partial charge is 0.489 e. The van der Waals surface area contributed by atoms with Gasteiger partial charge in [-0.2, -0.15) is 0 Å². The Morgan fingerprint density at radius 2 is 1.39 bits per heavy atom. The number of rotatable bonds is 10. The van der Waals surface area contributed by atoms with Crippen molar-refractivity contribution in [3.63, 3.8) is 0 Å². The summed E-state index contributed by atoms with van der Waals surface area (Å²) in [6.07, 6.45) is 1.85. The number of benzene rings is 3. The predicted octanol–water partition coefficient (Wildman–Crippen LogP) is 5.88. The third kappa shape index (κ3) is 5.37. The minimum atomic E-state index is -0.220. The number of unbranched alkanes of at least 4 members (excludes halogenated alkanes) is 1. The van der Waals surface area contributed by atoms with Gasteiger partial charge in [-0.3, -0.25) is 4.79 Å². The summed E-state index contributed by atoms with van der Waals surface area (Å²) in [6, 6.07) is 25.6. The highest BCUT2D eigenvalue weighted by Gasteiger charge is 2.19. The lowest BCUT2D eigenvalue weighted by Crippen LogP contribution is -2.21. The Balaban J connectivity index is 1.69. The second kappa shape index (κ2) is 10.7. The molecule has 0 amide bonds. The van der Waals surface area contributed by atoms with Crippen LogP contribution in [0.5, 0.6) is 17.2 Å². The topological polar surface area (TPSA) is 49.7 Å². The Morgan fingerprint density at radius 1 is 0.758 bits per heavy atom. The molecular weight excluding hydrogens is 414 g/mol. The van der Waals surface area contributed by atoms with E-state index in [4.69, 9.17) is 14.2 Å². The van der Waals surface area contributed by atoms with Gasteiger partial charge in [0, 0.05) is 18.5 Å². The molecule has 33 heavy (non-hydrogen) atoms. The maximum absolute atomic E-state index is 13.2. The molecule has 4 aromatic rings. The molecule has 0 saturated heterocycles. The summed E-state index contributed by atoms with van der Waals surface area (Å²) >= 11 is 0. The number of aromatic nitrogens is 1. The fourth-order valence-corrected chi connectivity index (χ4v) is 3.61. The van der Waals surface area contributed by atoms with Crippen molar-refractivity contribution < 1.29 is 14.2 Å². The van der Waals surface area contributed by atoms with Gasteiger partial charge in [0.25, 0.3) is 5.56 Å². The van der Waals surface area contributed by atoms with Crippen LogP contribution in [0.25, 0.3) is 10.9 Å². The van der Waals surface area contributed by atoms with Gasteiger partial charge in [0.2, 0.25) is 5.75 Å². The van der Waals surface area contributed by atoms with E-state index in [9.17, 15) is 4.79 Å². The van der Waals surface area contributed by atoms with Crippen LogP contribution in [0.3, 0.4) is 0 Å². The zero-order chi connectivity index (χ0) is 23.0. The number of fused-ring (bicyclic) bond motifs is 1. The SMILES string of the molecule is CCCCOc1c(OCc2ccccc2)c2ccc(OCc3ccccc3)cc2n(C)c1=O. The number of nitrogens with zero attached hydrogens (tertiary/aromatic N) is 1. The summed E-state index contributed by atoms with van der Waals surface area (Å²) in [6.45, 7) is 3.36. The van der Waals surface area contributed by atoms with E-state index in [0.29, 0.717) is 31.3 Å². The molecule has 4 rings (SSSR count). The van der Waals surface area contributed by atoms with Crippen molar-refractivity contribution in [1.82, 2.24) is 4.57 Å². The number of pyridine rings is 1. The minimum Gasteiger partial charge on any atom is -0.489 e. The highest BCUT2D eigenvalue weighted by molar-refractivity contribution is 5.89. The minimum absolute atomic E-state index is 0.220. The van der Waals surface area contributed by atoms with E-state index in [0.717, 1.165) is 34.9 Å². The molecule has 0 aliphatic rings. The first-order valence-electron chi connectivity index (χ1n) is 11.3. The Morgan fingerprint density at radius 3 is 2.03 bits per heavy atom. The smallest absolute Gasteiger partial charge is 0.297 e. The van der Waals surface area contributed by atoms with Crippen molar-refractivity contribution in [1.29, 1.82) is 0 Å². The van der Waals surface area contributed by atoms with Crippen LogP contribution in [-0.2, 0) is 20.3 Å². The molecule has 0 spiro atoms. The second-order valence-corrected chi connectivity index (χ2v) is 7.95. The average molecular weight is 444 g/mol. The number of aryl methyl sites for hydroxylation is 1. The Bertz CT molecular complexity index is 1250. The fraction of sp³-hybridized carbons (Fsp3) is 0.250. The molecule has 0 saturated carbocycles. The summed E-state index contributed by atoms with van der Waals surface area (Å²) in [7, 11) is 1.75. The lowest BCUT2D eigenvalue weighted by molar-refractivity contribution is 0.257. The van der Waals surface area contributed by atoms with E-state index < -0.39 is 0 Å². The molecule has 5 heteroatoms. The van der Waals surface area contributed by atoms with Crippen molar-refractivity contribution in [3.05, 3.63) is 100 Å². The monoisotopic (exact) mass is 443 g/mol. The third-order valence-corrected chi connectivity index (χ3v) is 5.50. The van der Waals surface area contributed by atoms with Gasteiger partial charge < -0.3 is 18.8 Å². The van der Waals surface area contributed by atoms with Crippen LogP contribution in [0.2, 0.25) is 0 Å². The first kappa shape index (κ1) is 22.5. The van der Waals surface area contributed by atoms with Crippen molar-refractivity contribution in [2.24, 2.45) is 7.05 Å². The molecule has 170 valence electrons. The Hall–Kier alpha value is -3.73.